The number of thiophene rings is 1. The lowest BCUT2D eigenvalue weighted by Crippen LogP contribution is -2.27. The Morgan fingerprint density at radius 3 is 2.71 bits per heavy atom. The van der Waals surface area contributed by atoms with Crippen LogP contribution in [0.3, 0.4) is 0 Å². The van der Waals surface area contributed by atoms with Gasteiger partial charge in [0.1, 0.15) is 16.6 Å². The summed E-state index contributed by atoms with van der Waals surface area (Å²) in [5.41, 5.74) is 1.20. The fourth-order valence-corrected chi connectivity index (χ4v) is 4.17. The van der Waals surface area contributed by atoms with E-state index in [4.69, 9.17) is 4.74 Å². The number of hydrogen-bond acceptors (Lipinski definition) is 4. The van der Waals surface area contributed by atoms with Gasteiger partial charge in [0.25, 0.3) is 0 Å². The molecule has 0 amide bonds. The number of hydrogen-bond donors (Lipinski definition) is 1. The third-order valence-electron chi connectivity index (χ3n) is 2.95. The van der Waals surface area contributed by atoms with Crippen molar-refractivity contribution in [1.29, 1.82) is 0 Å². The Bertz CT molecular complexity index is 692. The maximum Gasteiger partial charge on any atom is 0.250 e. The van der Waals surface area contributed by atoms with Crippen molar-refractivity contribution in [3.8, 4) is 5.75 Å². The number of nitrogens with one attached hydrogen (secondary N) is 1. The Kier molecular flexibility index (Phi) is 5.39. The molecule has 0 bridgehead atoms. The minimum atomic E-state index is -3.42. The topological polar surface area (TPSA) is 55.4 Å². The van der Waals surface area contributed by atoms with E-state index < -0.39 is 10.0 Å². The predicted octanol–water partition coefficient (Wildman–Crippen LogP) is 2.98. The Balaban J connectivity index is 1.84. The lowest BCUT2D eigenvalue weighted by Gasteiger charge is -2.08. The first kappa shape index (κ1) is 16.0. The first-order valence-electron chi connectivity index (χ1n) is 6.79. The van der Waals surface area contributed by atoms with E-state index in [9.17, 15) is 8.42 Å². The molecule has 4 nitrogen and oxygen atoms in total. The number of aryl methyl sites for hydroxylation is 2. The fourth-order valence-electron chi connectivity index (χ4n) is 1.83. The standard InChI is InChI=1S/C15H19NO3S2/c1-3-13-5-4-6-14(11-13)19-10-9-16-21(17,18)15-8-7-12(2)20-15/h4-8,11,16H,3,9-10H2,1-2H3. The molecule has 0 aliphatic rings. The molecule has 0 atom stereocenters. The van der Waals surface area contributed by atoms with Gasteiger partial charge in [0, 0.05) is 11.4 Å². The minimum Gasteiger partial charge on any atom is -0.492 e. The third kappa shape index (κ3) is 4.56. The number of ether oxygens (including phenoxy) is 1. The highest BCUT2D eigenvalue weighted by molar-refractivity contribution is 7.91. The third-order valence-corrected chi connectivity index (χ3v) is 5.90. The van der Waals surface area contributed by atoms with Crippen LogP contribution in [-0.4, -0.2) is 21.6 Å². The Morgan fingerprint density at radius 2 is 2.05 bits per heavy atom. The van der Waals surface area contributed by atoms with Crippen LogP contribution in [0.15, 0.2) is 40.6 Å². The molecule has 0 fully saturated rings. The lowest BCUT2D eigenvalue weighted by molar-refractivity contribution is 0.322. The van der Waals surface area contributed by atoms with Crippen LogP contribution in [0.1, 0.15) is 17.4 Å². The SMILES string of the molecule is CCc1cccc(OCCNS(=O)(=O)c2ccc(C)s2)c1. The normalized spacial score (nSPS) is 11.5. The molecule has 0 aliphatic carbocycles. The molecule has 0 saturated heterocycles. The van der Waals surface area contributed by atoms with Crippen LogP contribution in [0.25, 0.3) is 0 Å². The Morgan fingerprint density at radius 1 is 1.24 bits per heavy atom. The molecular formula is C15H19NO3S2. The molecule has 21 heavy (non-hydrogen) atoms. The first-order chi connectivity index (χ1) is 10.0. The molecule has 0 radical (unpaired) electrons. The molecule has 6 heteroatoms. The van der Waals surface area contributed by atoms with Gasteiger partial charge in [0.2, 0.25) is 10.0 Å². The van der Waals surface area contributed by atoms with E-state index in [-0.39, 0.29) is 6.54 Å². The summed E-state index contributed by atoms with van der Waals surface area (Å²) in [7, 11) is -3.42. The molecule has 0 spiro atoms. The predicted molar refractivity (Wildman–Crippen MR) is 85.6 cm³/mol. The van der Waals surface area contributed by atoms with E-state index >= 15 is 0 Å². The zero-order chi connectivity index (χ0) is 15.3. The lowest BCUT2D eigenvalue weighted by atomic mass is 10.2. The highest BCUT2D eigenvalue weighted by Crippen LogP contribution is 2.20. The molecule has 1 heterocycles. The molecule has 2 aromatic rings. The van der Waals surface area contributed by atoms with Crippen LogP contribution in [0.4, 0.5) is 0 Å². The molecule has 0 aliphatic heterocycles. The zero-order valence-electron chi connectivity index (χ0n) is 12.1. The first-order valence-corrected chi connectivity index (χ1v) is 9.09. The van der Waals surface area contributed by atoms with Crippen molar-refractivity contribution in [2.24, 2.45) is 0 Å². The second-order valence-electron chi connectivity index (χ2n) is 4.61. The van der Waals surface area contributed by atoms with Gasteiger partial charge in [-0.15, -0.1) is 11.3 Å². The van der Waals surface area contributed by atoms with Crippen molar-refractivity contribution in [2.45, 2.75) is 24.5 Å². The second-order valence-corrected chi connectivity index (χ2v) is 7.89. The summed E-state index contributed by atoms with van der Waals surface area (Å²) < 4.78 is 32.4. The number of rotatable bonds is 7. The molecule has 0 unspecified atom stereocenters. The van der Waals surface area contributed by atoms with Crippen LogP contribution < -0.4 is 9.46 Å². The van der Waals surface area contributed by atoms with E-state index in [0.29, 0.717) is 10.8 Å². The minimum absolute atomic E-state index is 0.246. The van der Waals surface area contributed by atoms with Crippen LogP contribution in [0, 0.1) is 6.92 Å². The Hall–Kier alpha value is -1.37. The smallest absolute Gasteiger partial charge is 0.250 e. The number of sulfonamides is 1. The highest BCUT2D eigenvalue weighted by atomic mass is 32.2. The van der Waals surface area contributed by atoms with Gasteiger partial charge in [-0.05, 0) is 43.2 Å². The fraction of sp³-hybridized carbons (Fsp3) is 0.333. The van der Waals surface area contributed by atoms with E-state index in [0.717, 1.165) is 17.0 Å². The highest BCUT2D eigenvalue weighted by Gasteiger charge is 2.15. The molecule has 1 aromatic heterocycles. The van der Waals surface area contributed by atoms with Crippen LogP contribution in [0.5, 0.6) is 5.75 Å². The van der Waals surface area contributed by atoms with Gasteiger partial charge in [-0.3, -0.25) is 0 Å². The van der Waals surface area contributed by atoms with E-state index in [1.807, 2.05) is 31.2 Å². The molecule has 1 aromatic carbocycles. The largest absolute Gasteiger partial charge is 0.492 e. The van der Waals surface area contributed by atoms with E-state index in [1.165, 1.54) is 16.9 Å². The molecule has 1 N–H and O–H groups in total. The monoisotopic (exact) mass is 325 g/mol. The van der Waals surface area contributed by atoms with Crippen LogP contribution in [0.2, 0.25) is 0 Å². The van der Waals surface area contributed by atoms with Crippen molar-refractivity contribution in [3.63, 3.8) is 0 Å². The molecule has 2 rings (SSSR count). The van der Waals surface area contributed by atoms with Gasteiger partial charge in [-0.25, -0.2) is 13.1 Å². The van der Waals surface area contributed by atoms with E-state index in [2.05, 4.69) is 11.6 Å². The summed E-state index contributed by atoms with van der Waals surface area (Å²) >= 11 is 1.26. The van der Waals surface area contributed by atoms with E-state index in [1.54, 1.807) is 12.1 Å². The van der Waals surface area contributed by atoms with Crippen molar-refractivity contribution >= 4 is 21.4 Å². The summed E-state index contributed by atoms with van der Waals surface area (Å²) in [5, 5.41) is 0. The van der Waals surface area contributed by atoms with Crippen LogP contribution in [-0.2, 0) is 16.4 Å². The maximum absolute atomic E-state index is 12.0. The summed E-state index contributed by atoms with van der Waals surface area (Å²) in [5.74, 6) is 0.764. The van der Waals surface area contributed by atoms with Crippen molar-refractivity contribution in [1.82, 2.24) is 4.72 Å². The van der Waals surface area contributed by atoms with Gasteiger partial charge in [-0.2, -0.15) is 0 Å². The van der Waals surface area contributed by atoms with Crippen LogP contribution >= 0.6 is 11.3 Å². The molecular weight excluding hydrogens is 306 g/mol. The van der Waals surface area contributed by atoms with Gasteiger partial charge in [0.15, 0.2) is 0 Å². The quantitative estimate of drug-likeness (QED) is 0.796. The summed E-state index contributed by atoms with van der Waals surface area (Å²) in [6, 6.07) is 11.2. The average molecular weight is 325 g/mol. The van der Waals surface area contributed by atoms with Gasteiger partial charge < -0.3 is 4.74 Å². The van der Waals surface area contributed by atoms with Crippen molar-refractivity contribution in [2.75, 3.05) is 13.2 Å². The maximum atomic E-state index is 12.0. The summed E-state index contributed by atoms with van der Waals surface area (Å²) in [6.45, 7) is 4.51. The Labute approximate surface area is 129 Å². The average Bonchev–Trinajstić information content (AvgIpc) is 2.91. The number of benzene rings is 1. The summed E-state index contributed by atoms with van der Waals surface area (Å²) in [6.07, 6.45) is 0.946. The van der Waals surface area contributed by atoms with Gasteiger partial charge in [-0.1, -0.05) is 19.1 Å². The zero-order valence-corrected chi connectivity index (χ0v) is 13.8. The van der Waals surface area contributed by atoms with Crippen molar-refractivity contribution in [3.05, 3.63) is 46.8 Å². The van der Waals surface area contributed by atoms with Gasteiger partial charge >= 0.3 is 0 Å². The molecule has 0 saturated carbocycles. The second kappa shape index (κ2) is 7.06. The summed E-state index contributed by atoms with van der Waals surface area (Å²) in [4.78, 5) is 0.975. The van der Waals surface area contributed by atoms with Gasteiger partial charge in [0.05, 0.1) is 0 Å². The molecule has 114 valence electrons. The van der Waals surface area contributed by atoms with Crippen molar-refractivity contribution < 1.29 is 13.2 Å².